The molecule has 0 spiro atoms. The molecule has 1 atom stereocenters. The van der Waals surface area contributed by atoms with Crippen molar-refractivity contribution < 1.29 is 32.6 Å². The molecule has 0 aliphatic heterocycles. The lowest BCUT2D eigenvalue weighted by Gasteiger charge is -2.13. The normalized spacial score (nSPS) is 12.6. The second kappa shape index (κ2) is 9.81. The van der Waals surface area contributed by atoms with Gasteiger partial charge in [0.2, 0.25) is 5.91 Å². The molecule has 0 bridgehead atoms. The van der Waals surface area contributed by atoms with Crippen LogP contribution < -0.4 is 14.8 Å². The highest BCUT2D eigenvalue weighted by Gasteiger charge is 2.21. The molecule has 0 saturated carbocycles. The van der Waals surface area contributed by atoms with E-state index in [0.29, 0.717) is 17.1 Å². The highest BCUT2D eigenvalue weighted by molar-refractivity contribution is 7.91. The molecule has 9 heteroatoms. The molecule has 26 heavy (non-hydrogen) atoms. The first-order valence-electron chi connectivity index (χ1n) is 7.86. The third-order valence-corrected chi connectivity index (χ3v) is 5.36. The minimum atomic E-state index is -3.32. The molecule has 1 aromatic rings. The lowest BCUT2D eigenvalue weighted by molar-refractivity contribution is -0.141. The van der Waals surface area contributed by atoms with Crippen LogP contribution >= 0.6 is 0 Å². The predicted octanol–water partition coefficient (Wildman–Crippen LogP) is 1.11. The molecule has 0 aliphatic carbocycles. The van der Waals surface area contributed by atoms with E-state index in [1.807, 2.05) is 0 Å². The molecular formula is C17H23NO7S. The molecule has 1 unspecified atom stereocenters. The van der Waals surface area contributed by atoms with E-state index in [2.05, 4.69) is 5.32 Å². The number of carbonyl (C=O) groups is 2. The number of sulfone groups is 1. The average molecular weight is 385 g/mol. The molecule has 1 amide bonds. The Morgan fingerprint density at radius 1 is 1.27 bits per heavy atom. The van der Waals surface area contributed by atoms with E-state index in [1.165, 1.54) is 27.2 Å². The predicted molar refractivity (Wildman–Crippen MR) is 97.1 cm³/mol. The minimum absolute atomic E-state index is 0.0789. The first-order chi connectivity index (χ1) is 12.2. The summed E-state index contributed by atoms with van der Waals surface area (Å²) in [7, 11) is -0.326. The number of hydrogen-bond donors (Lipinski definition) is 2. The summed E-state index contributed by atoms with van der Waals surface area (Å²) in [5.74, 6) is -1.26. The summed E-state index contributed by atoms with van der Waals surface area (Å²) >= 11 is 0. The van der Waals surface area contributed by atoms with Crippen molar-refractivity contribution in [2.75, 3.05) is 25.7 Å². The first-order valence-corrected chi connectivity index (χ1v) is 9.68. The van der Waals surface area contributed by atoms with Crippen molar-refractivity contribution in [2.24, 2.45) is 0 Å². The maximum Gasteiger partial charge on any atom is 0.326 e. The van der Waals surface area contributed by atoms with Crippen molar-refractivity contribution in [2.45, 2.75) is 19.4 Å². The Hall–Kier alpha value is -2.55. The van der Waals surface area contributed by atoms with E-state index in [1.54, 1.807) is 18.2 Å². The highest BCUT2D eigenvalue weighted by Crippen LogP contribution is 2.25. The van der Waals surface area contributed by atoms with Gasteiger partial charge in [0, 0.05) is 23.5 Å². The molecule has 0 radical (unpaired) electrons. The number of methoxy groups -OCH3 is 2. The van der Waals surface area contributed by atoms with Crippen LogP contribution in [0, 0.1) is 0 Å². The quantitative estimate of drug-likeness (QED) is 0.579. The zero-order valence-corrected chi connectivity index (χ0v) is 15.7. The van der Waals surface area contributed by atoms with Crippen LogP contribution in [0.3, 0.4) is 0 Å². The van der Waals surface area contributed by atoms with Crippen LogP contribution in [0.1, 0.15) is 18.9 Å². The third-order valence-electron chi connectivity index (χ3n) is 3.63. The van der Waals surface area contributed by atoms with Gasteiger partial charge < -0.3 is 19.9 Å². The van der Waals surface area contributed by atoms with Crippen molar-refractivity contribution in [1.82, 2.24) is 5.32 Å². The van der Waals surface area contributed by atoms with Gasteiger partial charge in [0.15, 0.2) is 0 Å². The molecule has 0 aromatic heterocycles. The number of amides is 1. The Kier molecular flexibility index (Phi) is 8.11. The standard InChI is InChI=1S/C17H23NO7S/c1-4-26(22,23)10-9-14(17(20)21)18-16(19)8-6-12-5-7-13(24-2)11-15(12)25-3/h5-8,11,14H,4,9-10H2,1-3H3,(H,18,19)(H,20,21)/b8-6+. The van der Waals surface area contributed by atoms with E-state index >= 15 is 0 Å². The number of carbonyl (C=O) groups excluding carboxylic acids is 1. The van der Waals surface area contributed by atoms with Crippen LogP contribution in [0.4, 0.5) is 0 Å². The summed E-state index contributed by atoms with van der Waals surface area (Å²) in [6.07, 6.45) is 2.43. The zero-order valence-electron chi connectivity index (χ0n) is 14.9. The molecule has 2 N–H and O–H groups in total. The molecule has 8 nitrogen and oxygen atoms in total. The van der Waals surface area contributed by atoms with Crippen molar-refractivity contribution in [1.29, 1.82) is 0 Å². The Morgan fingerprint density at radius 2 is 1.96 bits per heavy atom. The maximum atomic E-state index is 12.0. The van der Waals surface area contributed by atoms with Gasteiger partial charge in [-0.1, -0.05) is 6.92 Å². The molecule has 0 saturated heterocycles. The van der Waals surface area contributed by atoms with E-state index in [-0.39, 0.29) is 17.9 Å². The molecule has 1 aromatic carbocycles. The van der Waals surface area contributed by atoms with E-state index in [9.17, 15) is 18.0 Å². The Labute approximate surface area is 152 Å². The SMILES string of the molecule is CCS(=O)(=O)CCC(NC(=O)/C=C/c1ccc(OC)cc1OC)C(=O)O. The van der Waals surface area contributed by atoms with Crippen LogP contribution in [0.25, 0.3) is 6.08 Å². The van der Waals surface area contributed by atoms with Crippen molar-refractivity contribution in [3.8, 4) is 11.5 Å². The lowest BCUT2D eigenvalue weighted by atomic mass is 10.1. The molecule has 1 rings (SSSR count). The summed E-state index contributed by atoms with van der Waals surface area (Å²) in [6, 6.07) is 3.73. The van der Waals surface area contributed by atoms with Crippen LogP contribution in [0.15, 0.2) is 24.3 Å². The summed E-state index contributed by atoms with van der Waals surface area (Å²) in [4.78, 5) is 23.2. The second-order valence-electron chi connectivity index (χ2n) is 5.37. The van der Waals surface area contributed by atoms with Crippen molar-refractivity contribution >= 4 is 27.8 Å². The lowest BCUT2D eigenvalue weighted by Crippen LogP contribution is -2.41. The van der Waals surface area contributed by atoms with Crippen LogP contribution in [0.2, 0.25) is 0 Å². The summed E-state index contributed by atoms with van der Waals surface area (Å²) in [5.41, 5.74) is 0.601. The monoisotopic (exact) mass is 385 g/mol. The zero-order chi connectivity index (χ0) is 19.7. The van der Waals surface area contributed by atoms with Crippen LogP contribution in [-0.2, 0) is 19.4 Å². The Balaban J connectivity index is 2.79. The average Bonchev–Trinajstić information content (AvgIpc) is 2.62. The number of rotatable bonds is 10. The number of carboxylic acids is 1. The number of aliphatic carboxylic acids is 1. The minimum Gasteiger partial charge on any atom is -0.497 e. The van der Waals surface area contributed by atoms with Gasteiger partial charge in [0.05, 0.1) is 20.0 Å². The summed E-state index contributed by atoms with van der Waals surface area (Å²) < 4.78 is 33.3. The first kappa shape index (κ1) is 21.5. The largest absolute Gasteiger partial charge is 0.497 e. The number of carboxylic acid groups (broad SMARTS) is 1. The molecule has 0 fully saturated rings. The van der Waals surface area contributed by atoms with Crippen LogP contribution in [-0.4, -0.2) is 57.2 Å². The van der Waals surface area contributed by atoms with Crippen molar-refractivity contribution in [3.05, 3.63) is 29.8 Å². The number of hydrogen-bond acceptors (Lipinski definition) is 6. The second-order valence-corrected chi connectivity index (χ2v) is 7.84. The molecule has 0 heterocycles. The van der Waals surface area contributed by atoms with Crippen LogP contribution in [0.5, 0.6) is 11.5 Å². The number of ether oxygens (including phenoxy) is 2. The molecule has 0 aliphatic rings. The summed E-state index contributed by atoms with van der Waals surface area (Å²) in [5, 5.41) is 11.4. The molecular weight excluding hydrogens is 362 g/mol. The van der Waals surface area contributed by atoms with Gasteiger partial charge in [-0.15, -0.1) is 0 Å². The number of benzene rings is 1. The van der Waals surface area contributed by atoms with Gasteiger partial charge in [-0.2, -0.15) is 0 Å². The maximum absolute atomic E-state index is 12.0. The van der Waals surface area contributed by atoms with Gasteiger partial charge in [-0.3, -0.25) is 4.79 Å². The highest BCUT2D eigenvalue weighted by atomic mass is 32.2. The van der Waals surface area contributed by atoms with E-state index in [4.69, 9.17) is 14.6 Å². The fraction of sp³-hybridized carbons (Fsp3) is 0.412. The van der Waals surface area contributed by atoms with Gasteiger partial charge in [0.25, 0.3) is 0 Å². The number of nitrogens with one attached hydrogen (secondary N) is 1. The summed E-state index contributed by atoms with van der Waals surface area (Å²) in [6.45, 7) is 1.48. The Morgan fingerprint density at radius 3 is 2.50 bits per heavy atom. The third kappa shape index (κ3) is 6.75. The fourth-order valence-electron chi connectivity index (χ4n) is 2.04. The van der Waals surface area contributed by atoms with E-state index < -0.39 is 27.8 Å². The topological polar surface area (TPSA) is 119 Å². The molecule has 144 valence electrons. The smallest absolute Gasteiger partial charge is 0.326 e. The van der Waals surface area contributed by atoms with E-state index in [0.717, 1.165) is 6.08 Å². The van der Waals surface area contributed by atoms with Gasteiger partial charge >= 0.3 is 5.97 Å². The van der Waals surface area contributed by atoms with Gasteiger partial charge in [0.1, 0.15) is 27.4 Å². The Bertz CT molecular complexity index is 771. The van der Waals surface area contributed by atoms with Gasteiger partial charge in [-0.25, -0.2) is 13.2 Å². The van der Waals surface area contributed by atoms with Gasteiger partial charge in [-0.05, 0) is 24.6 Å². The van der Waals surface area contributed by atoms with Crippen molar-refractivity contribution in [3.63, 3.8) is 0 Å². The fourth-order valence-corrected chi connectivity index (χ4v) is 2.92.